The van der Waals surface area contributed by atoms with Gasteiger partial charge in [-0.3, -0.25) is 9.59 Å². The average molecular weight is 399 g/mol. The van der Waals surface area contributed by atoms with E-state index in [-0.39, 0.29) is 22.6 Å². The Hall–Kier alpha value is -2.71. The van der Waals surface area contributed by atoms with Gasteiger partial charge in [-0.1, -0.05) is 0 Å². The predicted molar refractivity (Wildman–Crippen MR) is 106 cm³/mol. The van der Waals surface area contributed by atoms with Gasteiger partial charge in [0.05, 0.1) is 4.90 Å². The lowest BCUT2D eigenvalue weighted by molar-refractivity contribution is -0.117. The van der Waals surface area contributed by atoms with Crippen LogP contribution in [0.25, 0.3) is 0 Å². The smallest absolute Gasteiger partial charge is 0.258 e. The summed E-state index contributed by atoms with van der Waals surface area (Å²) < 4.78 is 26.2. The van der Waals surface area contributed by atoms with E-state index in [4.69, 9.17) is 0 Å². The normalized spacial score (nSPS) is 16.0. The zero-order valence-corrected chi connectivity index (χ0v) is 16.3. The molecule has 146 valence electrons. The fourth-order valence-corrected chi connectivity index (χ4v) is 4.10. The number of benzene rings is 2. The molecule has 2 aromatic rings. The van der Waals surface area contributed by atoms with Crippen molar-refractivity contribution in [3.05, 3.63) is 53.6 Å². The molecular weight excluding hydrogens is 378 g/mol. The number of carbonyl (C=O) groups is 2. The zero-order valence-electron chi connectivity index (χ0n) is 15.4. The van der Waals surface area contributed by atoms with Gasteiger partial charge in [0.2, 0.25) is 15.9 Å². The third-order valence-electron chi connectivity index (χ3n) is 5.12. The minimum absolute atomic E-state index is 0.0277. The van der Waals surface area contributed by atoms with Crippen LogP contribution >= 0.6 is 0 Å². The number of hydrogen-bond donors (Lipinski definition) is 2. The van der Waals surface area contributed by atoms with Crippen molar-refractivity contribution in [3.63, 3.8) is 0 Å². The Morgan fingerprint density at radius 2 is 1.79 bits per heavy atom. The Morgan fingerprint density at radius 3 is 2.43 bits per heavy atom. The van der Waals surface area contributed by atoms with Crippen LogP contribution in [0.3, 0.4) is 0 Å². The third kappa shape index (κ3) is 3.53. The van der Waals surface area contributed by atoms with Crippen molar-refractivity contribution >= 4 is 33.2 Å². The van der Waals surface area contributed by atoms with Crippen molar-refractivity contribution in [2.75, 3.05) is 23.8 Å². The first kappa shape index (κ1) is 18.6. The maximum atomic E-state index is 12.9. The van der Waals surface area contributed by atoms with Crippen molar-refractivity contribution in [1.29, 1.82) is 0 Å². The van der Waals surface area contributed by atoms with Crippen LogP contribution in [0.2, 0.25) is 0 Å². The van der Waals surface area contributed by atoms with E-state index in [1.807, 2.05) is 0 Å². The molecule has 1 aliphatic heterocycles. The number of anilines is 2. The van der Waals surface area contributed by atoms with E-state index in [2.05, 4.69) is 10.0 Å². The Labute approximate surface area is 163 Å². The van der Waals surface area contributed by atoms with E-state index >= 15 is 0 Å². The number of carbonyl (C=O) groups excluding carboxylic acids is 2. The SMILES string of the molecule is CNS(=O)(=O)c1ccc2c(c1)CCN2C(=O)c1ccc(NC(=O)C2CC2)cc1. The molecule has 2 aliphatic rings. The van der Waals surface area contributed by atoms with Gasteiger partial charge in [-0.05, 0) is 74.3 Å². The average Bonchev–Trinajstić information content (AvgIpc) is 3.47. The Balaban J connectivity index is 1.51. The molecule has 1 saturated carbocycles. The molecule has 0 unspecified atom stereocenters. The third-order valence-corrected chi connectivity index (χ3v) is 6.53. The second kappa shape index (κ2) is 7.03. The van der Waals surface area contributed by atoms with E-state index < -0.39 is 10.0 Å². The molecule has 0 bridgehead atoms. The number of amides is 2. The summed E-state index contributed by atoms with van der Waals surface area (Å²) >= 11 is 0. The van der Waals surface area contributed by atoms with E-state index in [0.29, 0.717) is 24.2 Å². The van der Waals surface area contributed by atoms with Crippen LogP contribution < -0.4 is 14.9 Å². The summed E-state index contributed by atoms with van der Waals surface area (Å²) in [6.45, 7) is 0.497. The highest BCUT2D eigenvalue weighted by molar-refractivity contribution is 7.89. The molecule has 8 heteroatoms. The Bertz CT molecular complexity index is 1040. The van der Waals surface area contributed by atoms with Crippen LogP contribution in [-0.4, -0.2) is 33.8 Å². The van der Waals surface area contributed by atoms with Gasteiger partial charge in [0, 0.05) is 29.4 Å². The highest BCUT2D eigenvalue weighted by atomic mass is 32.2. The number of nitrogens with zero attached hydrogens (tertiary/aromatic N) is 1. The van der Waals surface area contributed by atoms with Gasteiger partial charge in [0.25, 0.3) is 5.91 Å². The molecule has 2 N–H and O–H groups in total. The lowest BCUT2D eigenvalue weighted by Crippen LogP contribution is -2.28. The molecule has 1 fully saturated rings. The van der Waals surface area contributed by atoms with Crippen LogP contribution in [0.5, 0.6) is 0 Å². The summed E-state index contributed by atoms with van der Waals surface area (Å²) in [6, 6.07) is 11.7. The molecule has 2 aromatic carbocycles. The van der Waals surface area contributed by atoms with Gasteiger partial charge in [0.15, 0.2) is 0 Å². The molecule has 28 heavy (non-hydrogen) atoms. The lowest BCUT2D eigenvalue weighted by atomic mass is 10.1. The fourth-order valence-electron chi connectivity index (χ4n) is 3.32. The quantitative estimate of drug-likeness (QED) is 0.805. The van der Waals surface area contributed by atoms with Gasteiger partial charge in [-0.2, -0.15) is 0 Å². The maximum absolute atomic E-state index is 12.9. The minimum atomic E-state index is -3.51. The molecular formula is C20H21N3O4S. The number of nitrogens with one attached hydrogen (secondary N) is 2. The minimum Gasteiger partial charge on any atom is -0.326 e. The predicted octanol–water partition coefficient (Wildman–Crippen LogP) is 2.15. The highest BCUT2D eigenvalue weighted by Crippen LogP contribution is 2.32. The van der Waals surface area contributed by atoms with Crippen LogP contribution in [-0.2, 0) is 21.2 Å². The van der Waals surface area contributed by atoms with Crippen molar-refractivity contribution in [3.8, 4) is 0 Å². The first-order valence-electron chi connectivity index (χ1n) is 9.18. The monoisotopic (exact) mass is 399 g/mol. The largest absolute Gasteiger partial charge is 0.326 e. The van der Waals surface area contributed by atoms with Crippen molar-refractivity contribution in [1.82, 2.24) is 4.72 Å². The molecule has 2 amide bonds. The van der Waals surface area contributed by atoms with Gasteiger partial charge in [-0.15, -0.1) is 0 Å². The number of rotatable bonds is 5. The van der Waals surface area contributed by atoms with Crippen molar-refractivity contribution in [2.24, 2.45) is 5.92 Å². The number of sulfonamides is 1. The van der Waals surface area contributed by atoms with Crippen LogP contribution in [0, 0.1) is 5.92 Å². The highest BCUT2D eigenvalue weighted by Gasteiger charge is 2.30. The van der Waals surface area contributed by atoms with Crippen LogP contribution in [0.4, 0.5) is 11.4 Å². The first-order chi connectivity index (χ1) is 13.4. The van der Waals surface area contributed by atoms with Crippen molar-refractivity contribution < 1.29 is 18.0 Å². The summed E-state index contributed by atoms with van der Waals surface area (Å²) in [5.41, 5.74) is 2.76. The summed E-state index contributed by atoms with van der Waals surface area (Å²) in [5.74, 6) is 0.00180. The van der Waals surface area contributed by atoms with E-state index in [0.717, 1.165) is 24.1 Å². The molecule has 0 aromatic heterocycles. The molecule has 0 saturated heterocycles. The standard InChI is InChI=1S/C20H21N3O4S/c1-21-28(26,27)17-8-9-18-15(12-17)10-11-23(18)20(25)14-4-6-16(7-5-14)22-19(24)13-2-3-13/h4-9,12-13,21H,2-3,10-11H2,1H3,(H,22,24). The lowest BCUT2D eigenvalue weighted by Gasteiger charge is -2.18. The molecule has 0 atom stereocenters. The van der Waals surface area contributed by atoms with Crippen LogP contribution in [0.15, 0.2) is 47.4 Å². The first-order valence-corrected chi connectivity index (χ1v) is 10.7. The van der Waals surface area contributed by atoms with E-state index in [9.17, 15) is 18.0 Å². The van der Waals surface area contributed by atoms with E-state index in [1.54, 1.807) is 41.3 Å². The second-order valence-electron chi connectivity index (χ2n) is 7.05. The molecule has 1 heterocycles. The van der Waals surface area contributed by atoms with Crippen LogP contribution in [0.1, 0.15) is 28.8 Å². The summed E-state index contributed by atoms with van der Waals surface area (Å²) in [6.07, 6.45) is 2.48. The summed E-state index contributed by atoms with van der Waals surface area (Å²) in [5, 5.41) is 2.85. The summed E-state index contributed by atoms with van der Waals surface area (Å²) in [7, 11) is -2.14. The topological polar surface area (TPSA) is 95.6 Å². The zero-order chi connectivity index (χ0) is 19.9. The number of hydrogen-bond acceptors (Lipinski definition) is 4. The molecule has 0 radical (unpaired) electrons. The van der Waals surface area contributed by atoms with Gasteiger partial charge in [-0.25, -0.2) is 13.1 Å². The number of fused-ring (bicyclic) bond motifs is 1. The van der Waals surface area contributed by atoms with Gasteiger partial charge in [0.1, 0.15) is 0 Å². The second-order valence-corrected chi connectivity index (χ2v) is 8.93. The Morgan fingerprint density at radius 1 is 1.07 bits per heavy atom. The van der Waals surface area contributed by atoms with Gasteiger partial charge >= 0.3 is 0 Å². The van der Waals surface area contributed by atoms with Gasteiger partial charge < -0.3 is 10.2 Å². The molecule has 4 rings (SSSR count). The molecule has 0 spiro atoms. The van der Waals surface area contributed by atoms with E-state index in [1.165, 1.54) is 13.1 Å². The van der Waals surface area contributed by atoms with Crippen molar-refractivity contribution in [2.45, 2.75) is 24.2 Å². The Kier molecular flexibility index (Phi) is 4.68. The molecule has 7 nitrogen and oxygen atoms in total. The fraction of sp³-hybridized carbons (Fsp3) is 0.300. The summed E-state index contributed by atoms with van der Waals surface area (Å²) in [4.78, 5) is 26.6. The maximum Gasteiger partial charge on any atom is 0.258 e. The molecule has 1 aliphatic carbocycles.